The molecule has 3 aromatic rings. The topological polar surface area (TPSA) is 59.1 Å². The first kappa shape index (κ1) is 26.5. The molecule has 0 radical (unpaired) electrons. The maximum Gasteiger partial charge on any atom is 0.321 e. The summed E-state index contributed by atoms with van der Waals surface area (Å²) in [5, 5.41) is 2.98. The number of benzene rings is 1. The molecule has 0 unspecified atom stereocenters. The first-order valence-corrected chi connectivity index (χ1v) is 14.7. The minimum absolute atomic E-state index is 0.00258. The van der Waals surface area contributed by atoms with Gasteiger partial charge >= 0.3 is 6.03 Å². The minimum Gasteiger partial charge on any atom is -0.336 e. The van der Waals surface area contributed by atoms with Crippen LogP contribution in [-0.4, -0.2) is 83.9 Å². The number of piperazine rings is 2. The third kappa shape index (κ3) is 7.04. The van der Waals surface area contributed by atoms with Gasteiger partial charge in [-0.3, -0.25) is 14.6 Å². The summed E-state index contributed by atoms with van der Waals surface area (Å²) in [6.45, 7) is 7.65. The molecule has 0 saturated carbocycles. The molecule has 2 saturated heterocycles. The smallest absolute Gasteiger partial charge is 0.321 e. The van der Waals surface area contributed by atoms with Crippen molar-refractivity contribution >= 4 is 63.5 Å². The van der Waals surface area contributed by atoms with Gasteiger partial charge in [-0.2, -0.15) is 0 Å². The van der Waals surface area contributed by atoms with Crippen molar-refractivity contribution in [2.45, 2.75) is 13.1 Å². The fourth-order valence-corrected chi connectivity index (χ4v) is 6.91. The monoisotopic (exact) mass is 577 g/mol. The summed E-state index contributed by atoms with van der Waals surface area (Å²) >= 11 is 15.3. The fraction of sp³-hybridized carbons (Fsp3) is 0.385. The third-order valence-corrected chi connectivity index (χ3v) is 9.13. The number of nitrogens with one attached hydrogen (secondary N) is 1. The number of nitrogens with zero attached hydrogens (tertiary/aromatic N) is 4. The SMILES string of the molecule is O=C(Nc1cccc(C(=O)N2CCN(Cc3ccc(Cl)s3)CC2)c1)N1CCN(Cc2ccc(Cl)s2)CC1. The lowest BCUT2D eigenvalue weighted by Gasteiger charge is -2.35. The number of anilines is 1. The van der Waals surface area contributed by atoms with E-state index in [-0.39, 0.29) is 11.9 Å². The van der Waals surface area contributed by atoms with E-state index in [1.165, 1.54) is 9.75 Å². The van der Waals surface area contributed by atoms with E-state index in [9.17, 15) is 9.59 Å². The van der Waals surface area contributed by atoms with Crippen LogP contribution in [0.4, 0.5) is 10.5 Å². The summed E-state index contributed by atoms with van der Waals surface area (Å²) in [6.07, 6.45) is 0. The predicted molar refractivity (Wildman–Crippen MR) is 152 cm³/mol. The largest absolute Gasteiger partial charge is 0.336 e. The van der Waals surface area contributed by atoms with E-state index in [4.69, 9.17) is 23.2 Å². The number of halogens is 2. The summed E-state index contributed by atoms with van der Waals surface area (Å²) in [6, 6.07) is 15.1. The van der Waals surface area contributed by atoms with Gasteiger partial charge in [0.15, 0.2) is 0 Å². The Balaban J connectivity index is 1.09. The molecule has 0 atom stereocenters. The maximum atomic E-state index is 13.2. The van der Waals surface area contributed by atoms with Crippen molar-refractivity contribution in [1.29, 1.82) is 0 Å². The average Bonchev–Trinajstić information content (AvgIpc) is 3.51. The highest BCUT2D eigenvalue weighted by molar-refractivity contribution is 7.16. The molecule has 2 aromatic heterocycles. The average molecular weight is 579 g/mol. The molecule has 11 heteroatoms. The molecular weight excluding hydrogens is 549 g/mol. The normalized spacial score (nSPS) is 17.2. The van der Waals surface area contributed by atoms with E-state index in [0.717, 1.165) is 47.9 Å². The van der Waals surface area contributed by atoms with Crippen LogP contribution in [0.25, 0.3) is 0 Å². The third-order valence-electron chi connectivity index (χ3n) is 6.70. The maximum absolute atomic E-state index is 13.2. The standard InChI is InChI=1S/C26H29Cl2N5O2S2/c27-23-6-4-21(36-23)17-30-8-12-32(13-9-30)25(34)19-2-1-3-20(16-19)29-26(35)33-14-10-31(11-15-33)18-22-5-7-24(28)37-22/h1-7,16H,8-15,17-18H2,(H,29,35). The van der Waals surface area contributed by atoms with Gasteiger partial charge in [-0.1, -0.05) is 29.3 Å². The van der Waals surface area contributed by atoms with E-state index in [0.29, 0.717) is 37.4 Å². The van der Waals surface area contributed by atoms with Crippen molar-refractivity contribution < 1.29 is 9.59 Å². The van der Waals surface area contributed by atoms with Crippen LogP contribution in [0, 0.1) is 0 Å². The highest BCUT2D eigenvalue weighted by Gasteiger charge is 2.24. The molecule has 3 amide bonds. The number of carbonyl (C=O) groups excluding carboxylic acids is 2. The van der Waals surface area contributed by atoms with Crippen LogP contribution in [-0.2, 0) is 13.1 Å². The van der Waals surface area contributed by atoms with Gasteiger partial charge < -0.3 is 15.1 Å². The zero-order chi connectivity index (χ0) is 25.8. The quantitative estimate of drug-likeness (QED) is 0.424. The van der Waals surface area contributed by atoms with Gasteiger partial charge in [0.25, 0.3) is 5.91 Å². The van der Waals surface area contributed by atoms with Gasteiger partial charge in [-0.25, -0.2) is 4.79 Å². The van der Waals surface area contributed by atoms with Crippen LogP contribution < -0.4 is 5.32 Å². The fourth-order valence-electron chi connectivity index (χ4n) is 4.65. The molecule has 0 spiro atoms. The highest BCUT2D eigenvalue weighted by atomic mass is 35.5. The van der Waals surface area contributed by atoms with Crippen molar-refractivity contribution in [3.8, 4) is 0 Å². The van der Waals surface area contributed by atoms with Crippen LogP contribution in [0.5, 0.6) is 0 Å². The molecule has 2 aliphatic heterocycles. The van der Waals surface area contributed by atoms with Crippen molar-refractivity contribution in [3.63, 3.8) is 0 Å². The Morgan fingerprint density at radius 3 is 1.78 bits per heavy atom. The van der Waals surface area contributed by atoms with Crippen LogP contribution in [0.3, 0.4) is 0 Å². The number of amides is 3. The van der Waals surface area contributed by atoms with Crippen LogP contribution in [0.2, 0.25) is 8.67 Å². The summed E-state index contributed by atoms with van der Waals surface area (Å²) in [5.41, 5.74) is 1.23. The van der Waals surface area contributed by atoms with Crippen molar-refractivity contribution in [3.05, 3.63) is 72.5 Å². The van der Waals surface area contributed by atoms with Gasteiger partial charge in [0.05, 0.1) is 8.67 Å². The Labute approximate surface area is 235 Å². The second-order valence-corrected chi connectivity index (χ2v) is 12.9. The molecule has 7 nitrogen and oxygen atoms in total. The predicted octanol–water partition coefficient (Wildman–Crippen LogP) is 5.42. The molecule has 5 rings (SSSR count). The lowest BCUT2D eigenvalue weighted by Crippen LogP contribution is -2.49. The molecule has 0 bridgehead atoms. The number of hydrogen-bond donors (Lipinski definition) is 1. The molecule has 196 valence electrons. The van der Waals surface area contributed by atoms with E-state index < -0.39 is 0 Å². The number of carbonyl (C=O) groups is 2. The van der Waals surface area contributed by atoms with E-state index in [1.807, 2.05) is 40.1 Å². The first-order valence-electron chi connectivity index (χ1n) is 12.3. The van der Waals surface area contributed by atoms with Gasteiger partial charge in [0.1, 0.15) is 0 Å². The summed E-state index contributed by atoms with van der Waals surface area (Å²) in [5.74, 6) is -0.00258. The first-order chi connectivity index (χ1) is 17.9. The summed E-state index contributed by atoms with van der Waals surface area (Å²) in [7, 11) is 0. The molecular formula is C26H29Cl2N5O2S2. The van der Waals surface area contributed by atoms with E-state index in [2.05, 4.69) is 27.2 Å². The van der Waals surface area contributed by atoms with Gasteiger partial charge in [-0.15, -0.1) is 22.7 Å². The molecule has 2 aliphatic rings. The van der Waals surface area contributed by atoms with Gasteiger partial charge in [-0.05, 0) is 42.5 Å². The van der Waals surface area contributed by atoms with Crippen molar-refractivity contribution in [1.82, 2.24) is 19.6 Å². The molecule has 1 aromatic carbocycles. The highest BCUT2D eigenvalue weighted by Crippen LogP contribution is 2.24. The lowest BCUT2D eigenvalue weighted by molar-refractivity contribution is 0.0629. The zero-order valence-corrected chi connectivity index (χ0v) is 23.5. The van der Waals surface area contributed by atoms with Crippen LogP contribution in [0.1, 0.15) is 20.1 Å². The summed E-state index contributed by atoms with van der Waals surface area (Å²) in [4.78, 5) is 36.9. The lowest BCUT2D eigenvalue weighted by atomic mass is 10.1. The van der Waals surface area contributed by atoms with E-state index >= 15 is 0 Å². The van der Waals surface area contributed by atoms with E-state index in [1.54, 1.807) is 28.7 Å². The van der Waals surface area contributed by atoms with Crippen LogP contribution in [0.15, 0.2) is 48.5 Å². The Morgan fingerprint density at radius 2 is 1.27 bits per heavy atom. The molecule has 2 fully saturated rings. The Kier molecular flexibility index (Phi) is 8.69. The molecule has 37 heavy (non-hydrogen) atoms. The van der Waals surface area contributed by atoms with Crippen molar-refractivity contribution in [2.24, 2.45) is 0 Å². The zero-order valence-electron chi connectivity index (χ0n) is 20.4. The molecule has 1 N–H and O–H groups in total. The van der Waals surface area contributed by atoms with Crippen LogP contribution >= 0.6 is 45.9 Å². The second kappa shape index (κ2) is 12.1. The number of thiophene rings is 2. The minimum atomic E-state index is -0.134. The van der Waals surface area contributed by atoms with Gasteiger partial charge in [0.2, 0.25) is 0 Å². The Morgan fingerprint density at radius 1 is 0.730 bits per heavy atom. The van der Waals surface area contributed by atoms with Gasteiger partial charge in [0, 0.05) is 86.5 Å². The summed E-state index contributed by atoms with van der Waals surface area (Å²) < 4.78 is 1.61. The van der Waals surface area contributed by atoms with Crippen molar-refractivity contribution in [2.75, 3.05) is 57.7 Å². The molecule has 0 aliphatic carbocycles. The number of hydrogen-bond acceptors (Lipinski definition) is 6. The number of rotatable bonds is 6. The Bertz CT molecular complexity index is 1230. The Hall–Kier alpha value is -2.14. The second-order valence-electron chi connectivity index (χ2n) is 9.25. The number of urea groups is 1. The molecule has 4 heterocycles.